The Labute approximate surface area is 136 Å². The first-order valence-electron chi connectivity index (χ1n) is 9.33. The standard InChI is InChI=1S/C18H35N3O/c1-20(14-15-21(2)17-10-6-7-11-17)13-12-18(22)19-16-8-4-3-5-9-16/h16-17H,3-15H2,1-2H3,(H,19,22). The SMILES string of the molecule is CN(CCC(=O)NC1CCCCC1)CCN(C)C1CCCC1. The third-order valence-corrected chi connectivity index (χ3v) is 5.47. The molecule has 2 aliphatic rings. The predicted molar refractivity (Wildman–Crippen MR) is 92.0 cm³/mol. The Balaban J connectivity index is 1.54. The molecule has 2 saturated carbocycles. The van der Waals surface area contributed by atoms with Crippen LogP contribution in [0, 0.1) is 0 Å². The van der Waals surface area contributed by atoms with E-state index in [1.165, 1.54) is 57.8 Å². The summed E-state index contributed by atoms with van der Waals surface area (Å²) in [6.45, 7) is 3.05. The van der Waals surface area contributed by atoms with Crippen LogP contribution in [0.2, 0.25) is 0 Å². The van der Waals surface area contributed by atoms with E-state index in [0.717, 1.165) is 25.7 Å². The minimum Gasteiger partial charge on any atom is -0.353 e. The van der Waals surface area contributed by atoms with E-state index in [-0.39, 0.29) is 5.91 Å². The van der Waals surface area contributed by atoms with Gasteiger partial charge in [0.1, 0.15) is 0 Å². The molecule has 1 N–H and O–H groups in total. The van der Waals surface area contributed by atoms with Gasteiger partial charge in [-0.15, -0.1) is 0 Å². The second-order valence-electron chi connectivity index (χ2n) is 7.37. The van der Waals surface area contributed by atoms with Gasteiger partial charge < -0.3 is 15.1 Å². The maximum absolute atomic E-state index is 12.0. The molecule has 0 spiro atoms. The van der Waals surface area contributed by atoms with Crippen LogP contribution >= 0.6 is 0 Å². The molecule has 22 heavy (non-hydrogen) atoms. The minimum absolute atomic E-state index is 0.239. The van der Waals surface area contributed by atoms with Gasteiger partial charge in [0.25, 0.3) is 0 Å². The fourth-order valence-corrected chi connectivity index (χ4v) is 3.81. The van der Waals surface area contributed by atoms with Crippen LogP contribution in [0.3, 0.4) is 0 Å². The number of hydrogen-bond donors (Lipinski definition) is 1. The van der Waals surface area contributed by atoms with Crippen molar-refractivity contribution in [3.05, 3.63) is 0 Å². The maximum Gasteiger partial charge on any atom is 0.221 e. The van der Waals surface area contributed by atoms with Gasteiger partial charge in [-0.3, -0.25) is 4.79 Å². The average Bonchev–Trinajstić information content (AvgIpc) is 3.06. The van der Waals surface area contributed by atoms with Crippen LogP contribution in [-0.2, 0) is 4.79 Å². The normalized spacial score (nSPS) is 20.9. The van der Waals surface area contributed by atoms with E-state index in [0.29, 0.717) is 12.5 Å². The summed E-state index contributed by atoms with van der Waals surface area (Å²) < 4.78 is 0. The van der Waals surface area contributed by atoms with E-state index in [1.54, 1.807) is 0 Å². The molecule has 0 aromatic rings. The molecule has 1 amide bonds. The molecular formula is C18H35N3O. The van der Waals surface area contributed by atoms with Crippen molar-refractivity contribution < 1.29 is 4.79 Å². The molecule has 0 aromatic heterocycles. The lowest BCUT2D eigenvalue weighted by Gasteiger charge is -2.27. The van der Waals surface area contributed by atoms with Gasteiger partial charge in [-0.1, -0.05) is 32.1 Å². The number of amides is 1. The molecule has 0 atom stereocenters. The number of rotatable bonds is 8. The second kappa shape index (κ2) is 9.51. The zero-order valence-electron chi connectivity index (χ0n) is 14.6. The van der Waals surface area contributed by atoms with Crippen LogP contribution in [0.15, 0.2) is 0 Å². The summed E-state index contributed by atoms with van der Waals surface area (Å²) in [5.74, 6) is 0.239. The summed E-state index contributed by atoms with van der Waals surface area (Å²) in [7, 11) is 4.38. The van der Waals surface area contributed by atoms with Crippen molar-refractivity contribution in [1.29, 1.82) is 0 Å². The molecular weight excluding hydrogens is 274 g/mol. The number of nitrogens with one attached hydrogen (secondary N) is 1. The van der Waals surface area contributed by atoms with Gasteiger partial charge in [0.05, 0.1) is 0 Å². The molecule has 0 saturated heterocycles. The predicted octanol–water partition coefficient (Wildman–Crippen LogP) is 2.63. The van der Waals surface area contributed by atoms with Crippen molar-refractivity contribution >= 4 is 5.91 Å². The van der Waals surface area contributed by atoms with E-state index < -0.39 is 0 Å². The van der Waals surface area contributed by atoms with Crippen LogP contribution in [0.25, 0.3) is 0 Å². The summed E-state index contributed by atoms with van der Waals surface area (Å²) in [5, 5.41) is 3.21. The van der Waals surface area contributed by atoms with E-state index in [9.17, 15) is 4.79 Å². The summed E-state index contributed by atoms with van der Waals surface area (Å²) in [4.78, 5) is 16.8. The van der Waals surface area contributed by atoms with E-state index >= 15 is 0 Å². The first-order chi connectivity index (χ1) is 10.6. The monoisotopic (exact) mass is 309 g/mol. The molecule has 0 aromatic carbocycles. The van der Waals surface area contributed by atoms with Crippen molar-refractivity contribution in [2.75, 3.05) is 33.7 Å². The van der Waals surface area contributed by atoms with Crippen molar-refractivity contribution in [2.24, 2.45) is 0 Å². The molecule has 0 unspecified atom stereocenters. The number of carbonyl (C=O) groups excluding carboxylic acids is 1. The average molecular weight is 309 g/mol. The van der Waals surface area contributed by atoms with Crippen LogP contribution in [-0.4, -0.2) is 61.5 Å². The fourth-order valence-electron chi connectivity index (χ4n) is 3.81. The molecule has 0 radical (unpaired) electrons. The zero-order chi connectivity index (χ0) is 15.8. The lowest BCUT2D eigenvalue weighted by atomic mass is 9.95. The number of likely N-dealkylation sites (N-methyl/N-ethyl adjacent to an activating group) is 2. The number of nitrogens with zero attached hydrogens (tertiary/aromatic N) is 2. The van der Waals surface area contributed by atoms with Crippen LogP contribution in [0.5, 0.6) is 0 Å². The van der Waals surface area contributed by atoms with Gasteiger partial charge >= 0.3 is 0 Å². The molecule has 4 heteroatoms. The summed E-state index contributed by atoms with van der Waals surface area (Å²) >= 11 is 0. The summed E-state index contributed by atoms with van der Waals surface area (Å²) in [6.07, 6.45) is 12.4. The molecule has 128 valence electrons. The molecule has 4 nitrogen and oxygen atoms in total. The Bertz CT molecular complexity index is 322. The quantitative estimate of drug-likeness (QED) is 0.749. The van der Waals surface area contributed by atoms with Gasteiger partial charge in [0, 0.05) is 38.1 Å². The van der Waals surface area contributed by atoms with Crippen LogP contribution in [0.4, 0.5) is 0 Å². The Hall–Kier alpha value is -0.610. The van der Waals surface area contributed by atoms with Gasteiger partial charge in [-0.25, -0.2) is 0 Å². The Kier molecular flexibility index (Phi) is 7.67. The Morgan fingerprint density at radius 3 is 2.23 bits per heavy atom. The molecule has 2 rings (SSSR count). The lowest BCUT2D eigenvalue weighted by molar-refractivity contribution is -0.122. The highest BCUT2D eigenvalue weighted by Crippen LogP contribution is 2.22. The lowest BCUT2D eigenvalue weighted by Crippen LogP contribution is -2.39. The molecule has 0 bridgehead atoms. The summed E-state index contributed by atoms with van der Waals surface area (Å²) in [5.41, 5.74) is 0. The first kappa shape index (κ1) is 17.7. The number of hydrogen-bond acceptors (Lipinski definition) is 3. The molecule has 2 fully saturated rings. The van der Waals surface area contributed by atoms with Crippen molar-refractivity contribution in [3.63, 3.8) is 0 Å². The highest BCUT2D eigenvalue weighted by Gasteiger charge is 2.19. The van der Waals surface area contributed by atoms with E-state index in [4.69, 9.17) is 0 Å². The van der Waals surface area contributed by atoms with Gasteiger partial charge in [-0.2, -0.15) is 0 Å². The summed E-state index contributed by atoms with van der Waals surface area (Å²) in [6, 6.07) is 1.24. The van der Waals surface area contributed by atoms with Gasteiger partial charge in [0.15, 0.2) is 0 Å². The maximum atomic E-state index is 12.0. The van der Waals surface area contributed by atoms with Gasteiger partial charge in [-0.05, 0) is 39.8 Å². The molecule has 0 aliphatic heterocycles. The van der Waals surface area contributed by atoms with E-state index in [2.05, 4.69) is 29.2 Å². The largest absolute Gasteiger partial charge is 0.353 e. The van der Waals surface area contributed by atoms with E-state index in [1.807, 2.05) is 0 Å². The third-order valence-electron chi connectivity index (χ3n) is 5.47. The Morgan fingerprint density at radius 2 is 1.55 bits per heavy atom. The minimum atomic E-state index is 0.239. The van der Waals surface area contributed by atoms with Crippen molar-refractivity contribution in [2.45, 2.75) is 76.3 Å². The first-order valence-corrected chi connectivity index (χ1v) is 9.33. The number of carbonyl (C=O) groups is 1. The molecule has 0 heterocycles. The third kappa shape index (κ3) is 6.25. The second-order valence-corrected chi connectivity index (χ2v) is 7.37. The van der Waals surface area contributed by atoms with Crippen molar-refractivity contribution in [3.8, 4) is 0 Å². The van der Waals surface area contributed by atoms with Crippen LogP contribution in [0.1, 0.15) is 64.2 Å². The highest BCUT2D eigenvalue weighted by atomic mass is 16.1. The smallest absolute Gasteiger partial charge is 0.221 e. The fraction of sp³-hybridized carbons (Fsp3) is 0.944. The topological polar surface area (TPSA) is 35.6 Å². The highest BCUT2D eigenvalue weighted by molar-refractivity contribution is 5.76. The molecule has 2 aliphatic carbocycles. The van der Waals surface area contributed by atoms with Gasteiger partial charge in [0.2, 0.25) is 5.91 Å². The zero-order valence-corrected chi connectivity index (χ0v) is 14.6. The Morgan fingerprint density at radius 1 is 0.909 bits per heavy atom. The van der Waals surface area contributed by atoms with Crippen LogP contribution < -0.4 is 5.32 Å². The van der Waals surface area contributed by atoms with Crippen molar-refractivity contribution in [1.82, 2.24) is 15.1 Å².